The van der Waals surface area contributed by atoms with E-state index in [1.54, 1.807) is 7.05 Å². The van der Waals surface area contributed by atoms with Crippen LogP contribution in [-0.2, 0) is 0 Å². The molecule has 21 heavy (non-hydrogen) atoms. The van der Waals surface area contributed by atoms with Gasteiger partial charge in [0, 0.05) is 19.6 Å². The van der Waals surface area contributed by atoms with Gasteiger partial charge >= 0.3 is 0 Å². The number of rotatable bonds is 7. The average Bonchev–Trinajstić information content (AvgIpc) is 2.42. The Morgan fingerprint density at radius 1 is 1.19 bits per heavy atom. The smallest absolute Gasteiger partial charge is 0.191 e. The van der Waals surface area contributed by atoms with Gasteiger partial charge in [-0.25, -0.2) is 0 Å². The summed E-state index contributed by atoms with van der Waals surface area (Å²) in [5.41, 5.74) is 1.26. The van der Waals surface area contributed by atoms with E-state index in [0.717, 1.165) is 37.7 Å². The summed E-state index contributed by atoms with van der Waals surface area (Å²) >= 11 is 0. The fourth-order valence-corrected chi connectivity index (χ4v) is 1.73. The third-order valence-electron chi connectivity index (χ3n) is 2.80. The third kappa shape index (κ3) is 9.55. The number of ether oxygens (including phenoxy) is 1. The maximum atomic E-state index is 5.69. The highest BCUT2D eigenvalue weighted by molar-refractivity contribution is 14.0. The molecule has 0 unspecified atom stereocenters. The van der Waals surface area contributed by atoms with Gasteiger partial charge in [-0.2, -0.15) is 0 Å². The van der Waals surface area contributed by atoms with E-state index in [1.165, 1.54) is 5.56 Å². The Balaban J connectivity index is 0.00000400. The Labute approximate surface area is 145 Å². The first-order valence-corrected chi connectivity index (χ1v) is 7.28. The first-order valence-electron chi connectivity index (χ1n) is 7.28. The second-order valence-electron chi connectivity index (χ2n) is 5.17. The van der Waals surface area contributed by atoms with Crippen LogP contribution in [0.1, 0.15) is 32.3 Å². The van der Waals surface area contributed by atoms with E-state index in [2.05, 4.69) is 48.5 Å². The van der Waals surface area contributed by atoms with E-state index in [-0.39, 0.29) is 24.0 Å². The summed E-state index contributed by atoms with van der Waals surface area (Å²) in [5, 5.41) is 6.55. The second-order valence-corrected chi connectivity index (χ2v) is 5.17. The van der Waals surface area contributed by atoms with Crippen molar-refractivity contribution >= 4 is 29.9 Å². The van der Waals surface area contributed by atoms with Gasteiger partial charge in [0.25, 0.3) is 0 Å². The fraction of sp³-hybridized carbons (Fsp3) is 0.562. The molecule has 0 aromatic heterocycles. The van der Waals surface area contributed by atoms with Gasteiger partial charge in [0.05, 0.1) is 6.61 Å². The molecule has 0 bridgehead atoms. The lowest BCUT2D eigenvalue weighted by Gasteiger charge is -2.14. The monoisotopic (exact) mass is 405 g/mol. The molecular weight excluding hydrogens is 377 g/mol. The van der Waals surface area contributed by atoms with Crippen LogP contribution in [0.2, 0.25) is 0 Å². The van der Waals surface area contributed by atoms with E-state index in [4.69, 9.17) is 4.74 Å². The van der Waals surface area contributed by atoms with Crippen LogP contribution in [0.25, 0.3) is 0 Å². The zero-order valence-corrected chi connectivity index (χ0v) is 15.8. The van der Waals surface area contributed by atoms with E-state index in [9.17, 15) is 0 Å². The minimum absolute atomic E-state index is 0. The number of hydrogen-bond donors (Lipinski definition) is 2. The third-order valence-corrected chi connectivity index (χ3v) is 2.80. The number of hydrogen-bond acceptors (Lipinski definition) is 2. The lowest BCUT2D eigenvalue weighted by Crippen LogP contribution is -2.41. The molecule has 0 spiro atoms. The topological polar surface area (TPSA) is 45.7 Å². The van der Waals surface area contributed by atoms with Gasteiger partial charge in [-0.05, 0) is 45.7 Å². The van der Waals surface area contributed by atoms with Crippen LogP contribution in [-0.4, -0.2) is 32.2 Å². The number of guanidine groups is 1. The second kappa shape index (κ2) is 11.7. The summed E-state index contributed by atoms with van der Waals surface area (Å²) in [6, 6.07) is 8.56. The molecule has 120 valence electrons. The molecule has 0 saturated heterocycles. The number of halogens is 1. The Hall–Kier alpha value is -0.980. The van der Waals surface area contributed by atoms with Gasteiger partial charge in [0.1, 0.15) is 5.75 Å². The Morgan fingerprint density at radius 2 is 1.86 bits per heavy atom. The summed E-state index contributed by atoms with van der Waals surface area (Å²) in [6.07, 6.45) is 2.09. The Morgan fingerprint density at radius 3 is 2.43 bits per heavy atom. The van der Waals surface area contributed by atoms with Crippen molar-refractivity contribution in [2.24, 2.45) is 4.99 Å². The molecule has 0 aliphatic carbocycles. The van der Waals surface area contributed by atoms with Crippen LogP contribution < -0.4 is 15.4 Å². The number of nitrogens with one attached hydrogen (secondary N) is 2. The summed E-state index contributed by atoms with van der Waals surface area (Å²) in [7, 11) is 1.79. The van der Waals surface area contributed by atoms with Crippen molar-refractivity contribution in [2.45, 2.75) is 39.7 Å². The molecule has 0 amide bonds. The summed E-state index contributed by atoms with van der Waals surface area (Å²) < 4.78 is 5.69. The predicted octanol–water partition coefficient (Wildman–Crippen LogP) is 3.35. The van der Waals surface area contributed by atoms with Crippen LogP contribution in [0.4, 0.5) is 0 Å². The van der Waals surface area contributed by atoms with Crippen molar-refractivity contribution in [1.29, 1.82) is 0 Å². The van der Waals surface area contributed by atoms with Gasteiger partial charge < -0.3 is 15.4 Å². The first-order chi connectivity index (χ1) is 9.61. The summed E-state index contributed by atoms with van der Waals surface area (Å²) in [6.45, 7) is 7.93. The minimum atomic E-state index is 0. The van der Waals surface area contributed by atoms with Crippen molar-refractivity contribution in [3.63, 3.8) is 0 Å². The Bertz CT molecular complexity index is 404. The van der Waals surface area contributed by atoms with E-state index < -0.39 is 0 Å². The number of benzene rings is 1. The number of nitrogens with zero attached hydrogens (tertiary/aromatic N) is 1. The number of aryl methyl sites for hydroxylation is 1. The average molecular weight is 405 g/mol. The molecule has 0 saturated carbocycles. The van der Waals surface area contributed by atoms with Crippen LogP contribution in [0.5, 0.6) is 5.75 Å². The standard InChI is InChI=1S/C16H27N3O.HI/c1-13(2)19-16(17-4)18-11-5-6-12-20-15-9-7-14(3)8-10-15;/h7-10,13H,5-6,11-12H2,1-4H3,(H2,17,18,19);1H. The molecule has 1 rings (SSSR count). The molecule has 5 heteroatoms. The lowest BCUT2D eigenvalue weighted by atomic mass is 10.2. The Kier molecular flexibility index (Phi) is 11.1. The van der Waals surface area contributed by atoms with Crippen molar-refractivity contribution in [3.8, 4) is 5.75 Å². The zero-order chi connectivity index (χ0) is 14.8. The quantitative estimate of drug-likeness (QED) is 0.317. The maximum absolute atomic E-state index is 5.69. The SMILES string of the molecule is CN=C(NCCCCOc1ccc(C)cc1)NC(C)C.I. The van der Waals surface area contributed by atoms with Crippen LogP contribution >= 0.6 is 24.0 Å². The van der Waals surface area contributed by atoms with E-state index >= 15 is 0 Å². The lowest BCUT2D eigenvalue weighted by molar-refractivity contribution is 0.307. The van der Waals surface area contributed by atoms with Crippen LogP contribution in [0.3, 0.4) is 0 Å². The molecule has 2 N–H and O–H groups in total. The highest BCUT2D eigenvalue weighted by Gasteiger charge is 1.99. The molecule has 1 aromatic rings. The summed E-state index contributed by atoms with van der Waals surface area (Å²) in [4.78, 5) is 4.16. The van der Waals surface area contributed by atoms with E-state index in [0.29, 0.717) is 6.04 Å². The zero-order valence-electron chi connectivity index (χ0n) is 13.5. The van der Waals surface area contributed by atoms with Crippen molar-refractivity contribution in [2.75, 3.05) is 20.2 Å². The van der Waals surface area contributed by atoms with E-state index in [1.807, 2.05) is 12.1 Å². The highest BCUT2D eigenvalue weighted by Crippen LogP contribution is 2.11. The van der Waals surface area contributed by atoms with Crippen LogP contribution in [0, 0.1) is 6.92 Å². The van der Waals surface area contributed by atoms with Gasteiger partial charge in [0.15, 0.2) is 5.96 Å². The molecule has 0 aliphatic rings. The number of aliphatic imine (C=N–C) groups is 1. The first kappa shape index (κ1) is 20.0. The van der Waals surface area contributed by atoms with Crippen molar-refractivity contribution in [1.82, 2.24) is 10.6 Å². The molecule has 0 atom stereocenters. The minimum Gasteiger partial charge on any atom is -0.494 e. The molecule has 0 radical (unpaired) electrons. The fourth-order valence-electron chi connectivity index (χ4n) is 1.73. The number of unbranched alkanes of at least 4 members (excludes halogenated alkanes) is 1. The van der Waals surface area contributed by atoms with Crippen LogP contribution in [0.15, 0.2) is 29.3 Å². The molecular formula is C16H28IN3O. The van der Waals surface area contributed by atoms with Gasteiger partial charge in [-0.3, -0.25) is 4.99 Å². The highest BCUT2D eigenvalue weighted by atomic mass is 127. The molecule has 0 fully saturated rings. The molecule has 0 aliphatic heterocycles. The molecule has 4 nitrogen and oxygen atoms in total. The van der Waals surface area contributed by atoms with Gasteiger partial charge in [-0.1, -0.05) is 17.7 Å². The van der Waals surface area contributed by atoms with Crippen molar-refractivity contribution < 1.29 is 4.74 Å². The molecule has 0 heterocycles. The summed E-state index contributed by atoms with van der Waals surface area (Å²) in [5.74, 6) is 1.81. The van der Waals surface area contributed by atoms with Gasteiger partial charge in [-0.15, -0.1) is 24.0 Å². The normalized spacial score (nSPS) is 11.0. The molecule has 1 aromatic carbocycles. The largest absolute Gasteiger partial charge is 0.494 e. The van der Waals surface area contributed by atoms with Gasteiger partial charge in [0.2, 0.25) is 0 Å². The maximum Gasteiger partial charge on any atom is 0.191 e. The predicted molar refractivity (Wildman–Crippen MR) is 101 cm³/mol. The van der Waals surface area contributed by atoms with Crippen molar-refractivity contribution in [3.05, 3.63) is 29.8 Å².